The summed E-state index contributed by atoms with van der Waals surface area (Å²) >= 11 is 0. The number of nitro benzene ring substituents is 1. The third-order valence-electron chi connectivity index (χ3n) is 2.10. The van der Waals surface area contributed by atoms with Gasteiger partial charge in [-0.3, -0.25) is 10.1 Å². The van der Waals surface area contributed by atoms with Crippen LogP contribution in [0.3, 0.4) is 0 Å². The van der Waals surface area contributed by atoms with Crippen LogP contribution in [0.15, 0.2) is 18.2 Å². The molecule has 6 nitrogen and oxygen atoms in total. The molecule has 0 amide bonds. The molecule has 0 aliphatic carbocycles. The smallest absolute Gasteiger partial charge is 0.270 e. The molecule has 0 heterocycles. The Morgan fingerprint density at radius 3 is 2.73 bits per heavy atom. The van der Waals surface area contributed by atoms with Crippen molar-refractivity contribution in [1.29, 1.82) is 0 Å². The fourth-order valence-corrected chi connectivity index (χ4v) is 1.29. The van der Waals surface area contributed by atoms with Gasteiger partial charge in [-0.25, -0.2) is 0 Å². The number of nitrogens with two attached hydrogens (primary N) is 2. The fourth-order valence-electron chi connectivity index (χ4n) is 1.29. The van der Waals surface area contributed by atoms with Crippen LogP contribution in [0.2, 0.25) is 0 Å². The van der Waals surface area contributed by atoms with E-state index in [0.29, 0.717) is 18.5 Å². The monoisotopic (exact) mass is 211 g/mol. The van der Waals surface area contributed by atoms with Gasteiger partial charge in [-0.1, -0.05) is 0 Å². The lowest BCUT2D eigenvalue weighted by atomic mass is 10.0. The van der Waals surface area contributed by atoms with Crippen LogP contribution in [0.5, 0.6) is 5.75 Å². The number of non-ortho nitro benzene ring substituents is 1. The summed E-state index contributed by atoms with van der Waals surface area (Å²) in [6.07, 6.45) is 0.467. The topological polar surface area (TPSA) is 115 Å². The lowest BCUT2D eigenvalue weighted by molar-refractivity contribution is -0.385. The van der Waals surface area contributed by atoms with Gasteiger partial charge < -0.3 is 16.6 Å². The third-order valence-corrected chi connectivity index (χ3v) is 2.10. The van der Waals surface area contributed by atoms with Gasteiger partial charge in [0.1, 0.15) is 5.75 Å². The van der Waals surface area contributed by atoms with Crippen molar-refractivity contribution in [1.82, 2.24) is 0 Å². The zero-order valence-corrected chi connectivity index (χ0v) is 8.09. The Labute approximate surface area is 86.7 Å². The van der Waals surface area contributed by atoms with E-state index in [9.17, 15) is 15.2 Å². The molecule has 0 unspecified atom stereocenters. The number of benzene rings is 1. The van der Waals surface area contributed by atoms with E-state index in [1.165, 1.54) is 18.2 Å². The minimum Gasteiger partial charge on any atom is -0.508 e. The van der Waals surface area contributed by atoms with Crippen LogP contribution in [-0.2, 0) is 0 Å². The molecule has 15 heavy (non-hydrogen) atoms. The average Bonchev–Trinajstić information content (AvgIpc) is 2.18. The Morgan fingerprint density at radius 1 is 1.53 bits per heavy atom. The van der Waals surface area contributed by atoms with Crippen LogP contribution in [0.25, 0.3) is 0 Å². The second kappa shape index (κ2) is 4.72. The van der Waals surface area contributed by atoms with E-state index in [-0.39, 0.29) is 11.4 Å². The van der Waals surface area contributed by atoms with E-state index in [1.54, 1.807) is 0 Å². The van der Waals surface area contributed by atoms with Crippen LogP contribution in [0.4, 0.5) is 5.69 Å². The van der Waals surface area contributed by atoms with Crippen molar-refractivity contribution in [2.45, 2.75) is 12.5 Å². The normalized spacial score (nSPS) is 12.4. The molecular weight excluding hydrogens is 198 g/mol. The highest BCUT2D eigenvalue weighted by molar-refractivity contribution is 5.44. The van der Waals surface area contributed by atoms with Crippen LogP contribution < -0.4 is 11.5 Å². The first-order valence-electron chi connectivity index (χ1n) is 4.49. The number of nitrogens with zero attached hydrogens (tertiary/aromatic N) is 1. The van der Waals surface area contributed by atoms with Gasteiger partial charge in [-0.15, -0.1) is 0 Å². The summed E-state index contributed by atoms with van der Waals surface area (Å²) in [6, 6.07) is 3.29. The minimum absolute atomic E-state index is 0.0402. The molecular formula is C9H13N3O3. The second-order valence-electron chi connectivity index (χ2n) is 3.18. The highest BCUT2D eigenvalue weighted by Gasteiger charge is 2.15. The van der Waals surface area contributed by atoms with E-state index in [0.717, 1.165) is 0 Å². The molecule has 1 rings (SSSR count). The van der Waals surface area contributed by atoms with Crippen molar-refractivity contribution in [3.05, 3.63) is 33.9 Å². The summed E-state index contributed by atoms with van der Waals surface area (Å²) in [7, 11) is 0. The predicted octanol–water partition coefficient (Wildman–Crippen LogP) is 0.649. The van der Waals surface area contributed by atoms with Gasteiger partial charge in [0.2, 0.25) is 0 Å². The molecule has 6 heteroatoms. The minimum atomic E-state index is -0.530. The first kappa shape index (κ1) is 11.4. The van der Waals surface area contributed by atoms with Gasteiger partial charge in [-0.05, 0) is 19.0 Å². The van der Waals surface area contributed by atoms with Gasteiger partial charge >= 0.3 is 0 Å². The Balaban J connectivity index is 3.04. The summed E-state index contributed by atoms with van der Waals surface area (Å²) in [5.74, 6) is -0.0402. The maximum atomic E-state index is 10.5. The number of rotatable bonds is 4. The number of aromatic hydroxyl groups is 1. The van der Waals surface area contributed by atoms with Crippen molar-refractivity contribution < 1.29 is 10.0 Å². The molecule has 0 aromatic heterocycles. The molecule has 1 atom stereocenters. The maximum absolute atomic E-state index is 10.5. The number of nitro groups is 1. The van der Waals surface area contributed by atoms with E-state index in [4.69, 9.17) is 11.5 Å². The van der Waals surface area contributed by atoms with Gasteiger partial charge in [0.15, 0.2) is 0 Å². The number of phenols is 1. The standard InChI is InChI=1S/C9H13N3O3/c10-4-3-8(11)7-5-6(12(14)15)1-2-9(7)13/h1-2,5,8,13H,3-4,10-11H2/t8-/m0/s1. The van der Waals surface area contributed by atoms with Crippen molar-refractivity contribution in [2.24, 2.45) is 11.5 Å². The summed E-state index contributed by atoms with van der Waals surface area (Å²) in [4.78, 5) is 9.97. The van der Waals surface area contributed by atoms with E-state index in [1.807, 2.05) is 0 Å². The molecule has 0 bridgehead atoms. The van der Waals surface area contributed by atoms with Crippen molar-refractivity contribution in [3.63, 3.8) is 0 Å². The number of hydrogen-bond donors (Lipinski definition) is 3. The Morgan fingerprint density at radius 2 is 2.20 bits per heavy atom. The van der Waals surface area contributed by atoms with Gasteiger partial charge in [-0.2, -0.15) is 0 Å². The molecule has 0 aliphatic heterocycles. The van der Waals surface area contributed by atoms with E-state index >= 15 is 0 Å². The Bertz CT molecular complexity index is 368. The summed E-state index contributed by atoms with van der Waals surface area (Å²) < 4.78 is 0. The van der Waals surface area contributed by atoms with Crippen LogP contribution in [-0.4, -0.2) is 16.6 Å². The van der Waals surface area contributed by atoms with Crippen LogP contribution >= 0.6 is 0 Å². The highest BCUT2D eigenvalue weighted by Crippen LogP contribution is 2.28. The quantitative estimate of drug-likeness (QED) is 0.499. The van der Waals surface area contributed by atoms with Crippen LogP contribution in [0, 0.1) is 10.1 Å². The summed E-state index contributed by atoms with van der Waals surface area (Å²) in [6.45, 7) is 0.364. The molecule has 82 valence electrons. The van der Waals surface area contributed by atoms with Gasteiger partial charge in [0, 0.05) is 23.7 Å². The van der Waals surface area contributed by atoms with Gasteiger partial charge in [0.25, 0.3) is 5.69 Å². The van der Waals surface area contributed by atoms with E-state index < -0.39 is 11.0 Å². The fraction of sp³-hybridized carbons (Fsp3) is 0.333. The lowest BCUT2D eigenvalue weighted by Gasteiger charge is -2.11. The molecule has 0 spiro atoms. The molecule has 1 aromatic rings. The van der Waals surface area contributed by atoms with E-state index in [2.05, 4.69) is 0 Å². The Kier molecular flexibility index (Phi) is 3.59. The molecule has 0 fully saturated rings. The number of hydrogen-bond acceptors (Lipinski definition) is 5. The molecule has 0 saturated carbocycles. The van der Waals surface area contributed by atoms with Gasteiger partial charge in [0.05, 0.1) is 4.92 Å². The summed E-state index contributed by atoms with van der Waals surface area (Å²) in [5.41, 5.74) is 11.3. The van der Waals surface area contributed by atoms with Crippen LogP contribution in [0.1, 0.15) is 18.0 Å². The first-order valence-corrected chi connectivity index (χ1v) is 4.49. The first-order chi connectivity index (χ1) is 7.06. The zero-order chi connectivity index (χ0) is 11.4. The lowest BCUT2D eigenvalue weighted by Crippen LogP contribution is -2.15. The molecule has 1 aromatic carbocycles. The predicted molar refractivity (Wildman–Crippen MR) is 55.4 cm³/mol. The summed E-state index contributed by atoms with van der Waals surface area (Å²) in [5, 5.41) is 20.0. The highest BCUT2D eigenvalue weighted by atomic mass is 16.6. The number of phenolic OH excluding ortho intramolecular Hbond substituents is 1. The SMILES string of the molecule is NCC[C@H](N)c1cc([N+](=O)[O-])ccc1O. The Hall–Kier alpha value is -1.66. The van der Waals surface area contributed by atoms with Crippen molar-refractivity contribution in [3.8, 4) is 5.75 Å². The molecule has 0 radical (unpaired) electrons. The second-order valence-corrected chi connectivity index (χ2v) is 3.18. The third kappa shape index (κ3) is 2.64. The van der Waals surface area contributed by atoms with Crippen molar-refractivity contribution >= 4 is 5.69 Å². The largest absolute Gasteiger partial charge is 0.508 e. The zero-order valence-electron chi connectivity index (χ0n) is 8.09. The average molecular weight is 211 g/mol. The molecule has 0 saturated heterocycles. The maximum Gasteiger partial charge on any atom is 0.270 e. The molecule has 0 aliphatic rings. The van der Waals surface area contributed by atoms with Crippen molar-refractivity contribution in [2.75, 3.05) is 6.54 Å². The molecule has 5 N–H and O–H groups in total.